The van der Waals surface area contributed by atoms with Crippen LogP contribution in [-0.2, 0) is 9.53 Å². The van der Waals surface area contributed by atoms with Crippen LogP contribution in [0.2, 0.25) is 0 Å². The maximum absolute atomic E-state index is 11.0. The lowest BCUT2D eigenvalue weighted by molar-refractivity contribution is -0.141. The molecule has 0 N–H and O–H groups in total. The zero-order valence-electron chi connectivity index (χ0n) is 8.87. The minimum atomic E-state index is -0.174. The molecule has 1 aliphatic rings. The van der Waals surface area contributed by atoms with Gasteiger partial charge in [-0.15, -0.1) is 0 Å². The molecule has 3 nitrogen and oxygen atoms in total. The molecule has 1 fully saturated rings. The second kappa shape index (κ2) is 6.57. The van der Waals surface area contributed by atoms with Crippen molar-refractivity contribution in [2.24, 2.45) is 4.99 Å². The van der Waals surface area contributed by atoms with Gasteiger partial charge in [-0.25, -0.2) is 0 Å². The van der Waals surface area contributed by atoms with Crippen molar-refractivity contribution >= 4 is 12.2 Å². The van der Waals surface area contributed by atoms with Gasteiger partial charge >= 0.3 is 5.97 Å². The molecule has 0 atom stereocenters. The number of carbonyl (C=O) groups excluding carboxylic acids is 1. The van der Waals surface area contributed by atoms with Crippen LogP contribution in [0.15, 0.2) is 4.99 Å². The molecule has 1 rings (SSSR count). The molecule has 80 valence electrons. The van der Waals surface area contributed by atoms with Crippen LogP contribution in [-0.4, -0.2) is 24.8 Å². The number of carbonyl (C=O) groups is 1. The molecule has 3 heteroatoms. The highest BCUT2D eigenvalue weighted by atomic mass is 16.5. The molecule has 14 heavy (non-hydrogen) atoms. The third kappa shape index (κ3) is 4.40. The van der Waals surface area contributed by atoms with Crippen LogP contribution in [0.5, 0.6) is 0 Å². The van der Waals surface area contributed by atoms with Crippen molar-refractivity contribution < 1.29 is 9.53 Å². The van der Waals surface area contributed by atoms with Gasteiger partial charge in [0, 0.05) is 12.3 Å². The van der Waals surface area contributed by atoms with E-state index in [1.165, 1.54) is 32.1 Å². The van der Waals surface area contributed by atoms with E-state index in [0.29, 0.717) is 19.1 Å². The van der Waals surface area contributed by atoms with Crippen molar-refractivity contribution in [2.45, 2.75) is 51.5 Å². The SMILES string of the molecule is CCOC(=O)CC=NC1CCCCC1. The van der Waals surface area contributed by atoms with Gasteiger partial charge in [0.05, 0.1) is 13.0 Å². The second-order valence-corrected chi connectivity index (χ2v) is 3.63. The lowest BCUT2D eigenvalue weighted by Gasteiger charge is -2.16. The van der Waals surface area contributed by atoms with E-state index in [4.69, 9.17) is 4.74 Å². The Morgan fingerprint density at radius 1 is 1.43 bits per heavy atom. The zero-order chi connectivity index (χ0) is 10.2. The molecule has 0 aromatic heterocycles. The highest BCUT2D eigenvalue weighted by molar-refractivity contribution is 5.85. The Morgan fingerprint density at radius 3 is 2.79 bits per heavy atom. The highest BCUT2D eigenvalue weighted by Crippen LogP contribution is 2.19. The number of esters is 1. The van der Waals surface area contributed by atoms with Gasteiger partial charge in [0.2, 0.25) is 0 Å². The molecular formula is C11H19NO2. The number of ether oxygens (including phenoxy) is 1. The van der Waals surface area contributed by atoms with E-state index in [0.717, 1.165) is 0 Å². The van der Waals surface area contributed by atoms with E-state index in [2.05, 4.69) is 4.99 Å². The Labute approximate surface area is 85.6 Å². The van der Waals surface area contributed by atoms with Gasteiger partial charge in [0.1, 0.15) is 0 Å². The van der Waals surface area contributed by atoms with Crippen LogP contribution in [0.1, 0.15) is 45.4 Å². The molecule has 0 aromatic carbocycles. The molecule has 0 amide bonds. The van der Waals surface area contributed by atoms with Gasteiger partial charge in [0.15, 0.2) is 0 Å². The second-order valence-electron chi connectivity index (χ2n) is 3.63. The topological polar surface area (TPSA) is 38.7 Å². The van der Waals surface area contributed by atoms with Crippen LogP contribution < -0.4 is 0 Å². The summed E-state index contributed by atoms with van der Waals surface area (Å²) in [6.07, 6.45) is 8.30. The van der Waals surface area contributed by atoms with Crippen LogP contribution >= 0.6 is 0 Å². The Balaban J connectivity index is 2.15. The lowest BCUT2D eigenvalue weighted by Crippen LogP contribution is -2.11. The number of nitrogens with zero attached hydrogens (tertiary/aromatic N) is 1. The van der Waals surface area contributed by atoms with E-state index in [9.17, 15) is 4.79 Å². The fraction of sp³-hybridized carbons (Fsp3) is 0.818. The van der Waals surface area contributed by atoms with E-state index >= 15 is 0 Å². The summed E-state index contributed by atoms with van der Waals surface area (Å²) < 4.78 is 4.80. The summed E-state index contributed by atoms with van der Waals surface area (Å²) in [7, 11) is 0. The smallest absolute Gasteiger partial charge is 0.311 e. The van der Waals surface area contributed by atoms with Crippen LogP contribution in [0.3, 0.4) is 0 Å². The fourth-order valence-corrected chi connectivity index (χ4v) is 1.73. The van der Waals surface area contributed by atoms with E-state index < -0.39 is 0 Å². The Bertz CT molecular complexity index is 195. The molecule has 0 unspecified atom stereocenters. The van der Waals surface area contributed by atoms with Crippen molar-refractivity contribution in [3.8, 4) is 0 Å². The summed E-state index contributed by atoms with van der Waals surface area (Å²) in [5.74, 6) is -0.174. The predicted octanol–water partition coefficient (Wildman–Crippen LogP) is 2.34. The largest absolute Gasteiger partial charge is 0.466 e. The monoisotopic (exact) mass is 197 g/mol. The van der Waals surface area contributed by atoms with Crippen LogP contribution in [0.25, 0.3) is 0 Å². The molecule has 0 spiro atoms. The maximum Gasteiger partial charge on any atom is 0.311 e. The average molecular weight is 197 g/mol. The first-order valence-electron chi connectivity index (χ1n) is 5.50. The van der Waals surface area contributed by atoms with Gasteiger partial charge < -0.3 is 4.74 Å². The molecule has 1 aliphatic carbocycles. The third-order valence-electron chi connectivity index (χ3n) is 2.45. The predicted molar refractivity (Wildman–Crippen MR) is 56.6 cm³/mol. The first kappa shape index (κ1) is 11.2. The third-order valence-corrected chi connectivity index (χ3v) is 2.45. The Hall–Kier alpha value is -0.860. The summed E-state index contributed by atoms with van der Waals surface area (Å²) in [5.41, 5.74) is 0. The van der Waals surface area contributed by atoms with Gasteiger partial charge in [-0.3, -0.25) is 9.79 Å². The van der Waals surface area contributed by atoms with Crippen molar-refractivity contribution in [2.75, 3.05) is 6.61 Å². The minimum absolute atomic E-state index is 0.174. The molecule has 0 bridgehead atoms. The first-order chi connectivity index (χ1) is 6.83. The summed E-state index contributed by atoms with van der Waals surface area (Å²) in [5, 5.41) is 0. The summed E-state index contributed by atoms with van der Waals surface area (Å²) in [6, 6.07) is 0.457. The fourth-order valence-electron chi connectivity index (χ4n) is 1.73. The van der Waals surface area contributed by atoms with Crippen molar-refractivity contribution in [1.82, 2.24) is 0 Å². The number of rotatable bonds is 4. The highest BCUT2D eigenvalue weighted by Gasteiger charge is 2.10. The molecule has 0 aliphatic heterocycles. The van der Waals surface area contributed by atoms with E-state index in [1.807, 2.05) is 6.92 Å². The van der Waals surface area contributed by atoms with Gasteiger partial charge in [-0.2, -0.15) is 0 Å². The Kier molecular flexibility index (Phi) is 5.27. The Morgan fingerprint density at radius 2 is 2.14 bits per heavy atom. The minimum Gasteiger partial charge on any atom is -0.466 e. The van der Waals surface area contributed by atoms with Gasteiger partial charge in [-0.05, 0) is 19.8 Å². The molecule has 1 saturated carbocycles. The maximum atomic E-state index is 11.0. The van der Waals surface area contributed by atoms with Gasteiger partial charge in [0.25, 0.3) is 0 Å². The number of hydrogen-bond donors (Lipinski definition) is 0. The van der Waals surface area contributed by atoms with Crippen LogP contribution in [0, 0.1) is 0 Å². The number of hydrogen-bond acceptors (Lipinski definition) is 3. The summed E-state index contributed by atoms with van der Waals surface area (Å²) >= 11 is 0. The quantitative estimate of drug-likeness (QED) is 0.512. The molecule has 0 aromatic rings. The normalized spacial score (nSPS) is 18.6. The summed E-state index contributed by atoms with van der Waals surface area (Å²) in [4.78, 5) is 15.4. The average Bonchev–Trinajstić information content (AvgIpc) is 2.20. The standard InChI is InChI=1S/C11H19NO2/c1-2-14-11(13)8-9-12-10-6-4-3-5-7-10/h9-10H,2-8H2,1H3. The van der Waals surface area contributed by atoms with Gasteiger partial charge in [-0.1, -0.05) is 19.3 Å². The zero-order valence-corrected chi connectivity index (χ0v) is 8.87. The summed E-state index contributed by atoms with van der Waals surface area (Å²) in [6.45, 7) is 2.27. The first-order valence-corrected chi connectivity index (χ1v) is 5.50. The van der Waals surface area contributed by atoms with E-state index in [-0.39, 0.29) is 5.97 Å². The van der Waals surface area contributed by atoms with Crippen molar-refractivity contribution in [3.05, 3.63) is 0 Å². The molecular weight excluding hydrogens is 178 g/mol. The van der Waals surface area contributed by atoms with Crippen molar-refractivity contribution in [3.63, 3.8) is 0 Å². The molecule has 0 radical (unpaired) electrons. The van der Waals surface area contributed by atoms with Crippen LogP contribution in [0.4, 0.5) is 0 Å². The van der Waals surface area contributed by atoms with E-state index in [1.54, 1.807) is 6.21 Å². The molecule has 0 saturated heterocycles. The number of aliphatic imine (C=N–C) groups is 1. The lowest BCUT2D eigenvalue weighted by atomic mass is 9.96. The molecule has 0 heterocycles. The van der Waals surface area contributed by atoms with Crippen molar-refractivity contribution in [1.29, 1.82) is 0 Å².